The first kappa shape index (κ1) is 22.3. The zero-order chi connectivity index (χ0) is 17.2. The molecule has 5 nitrogen and oxygen atoms in total. The summed E-state index contributed by atoms with van der Waals surface area (Å²) in [6, 6.07) is 5.54. The van der Waals surface area contributed by atoms with E-state index in [1.165, 1.54) is 38.5 Å². The number of fused-ring (bicyclic) bond motifs is 2. The number of halogens is 2. The number of amides is 1. The molecule has 1 aromatic heterocycles. The summed E-state index contributed by atoms with van der Waals surface area (Å²) in [5.41, 5.74) is 0.715. The molecule has 0 aromatic carbocycles. The van der Waals surface area contributed by atoms with Crippen molar-refractivity contribution in [3.8, 4) is 0 Å². The van der Waals surface area contributed by atoms with Gasteiger partial charge in [0.25, 0.3) is 5.91 Å². The molecule has 152 valence electrons. The Kier molecular flexibility index (Phi) is 8.20. The number of anilines is 1. The molecule has 1 N–H and O–H groups in total. The van der Waals surface area contributed by atoms with Crippen molar-refractivity contribution < 1.29 is 4.79 Å². The maximum Gasteiger partial charge on any atom is 0.255 e. The van der Waals surface area contributed by atoms with Gasteiger partial charge >= 0.3 is 0 Å². The van der Waals surface area contributed by atoms with Crippen molar-refractivity contribution in [2.45, 2.75) is 69.5 Å². The number of carbonyl (C=O) groups excluding carboxylic acids is 1. The lowest BCUT2D eigenvalue weighted by atomic mass is 9.98. The van der Waals surface area contributed by atoms with Crippen molar-refractivity contribution in [3.05, 3.63) is 23.9 Å². The van der Waals surface area contributed by atoms with Gasteiger partial charge in [-0.3, -0.25) is 4.79 Å². The highest BCUT2D eigenvalue weighted by Crippen LogP contribution is 2.30. The Morgan fingerprint density at radius 2 is 1.70 bits per heavy atom. The third-order valence-corrected chi connectivity index (χ3v) is 6.24. The summed E-state index contributed by atoms with van der Waals surface area (Å²) >= 11 is 0. The predicted octanol–water partition coefficient (Wildman–Crippen LogP) is 3.66. The van der Waals surface area contributed by atoms with Crippen molar-refractivity contribution in [2.75, 3.05) is 25.0 Å². The maximum atomic E-state index is 12.9. The number of pyridine rings is 1. The number of piperidine rings is 1. The second-order valence-electron chi connectivity index (χ2n) is 7.99. The van der Waals surface area contributed by atoms with Gasteiger partial charge in [-0.05, 0) is 50.7 Å². The minimum atomic E-state index is 0. The van der Waals surface area contributed by atoms with Crippen LogP contribution in [0.1, 0.15) is 61.7 Å². The van der Waals surface area contributed by atoms with E-state index in [9.17, 15) is 4.79 Å². The van der Waals surface area contributed by atoms with Crippen LogP contribution in [0.4, 0.5) is 5.82 Å². The molecule has 3 aliphatic heterocycles. The summed E-state index contributed by atoms with van der Waals surface area (Å²) in [7, 11) is 1.96. The lowest BCUT2D eigenvalue weighted by molar-refractivity contribution is 0.0681. The fourth-order valence-electron chi connectivity index (χ4n) is 4.71. The van der Waals surface area contributed by atoms with Crippen molar-refractivity contribution >= 4 is 36.5 Å². The predicted molar refractivity (Wildman–Crippen MR) is 114 cm³/mol. The Hall–Kier alpha value is -1.04. The van der Waals surface area contributed by atoms with E-state index in [0.717, 1.165) is 31.7 Å². The molecule has 2 atom stereocenters. The lowest BCUT2D eigenvalue weighted by Gasteiger charge is -2.35. The van der Waals surface area contributed by atoms with Crippen LogP contribution >= 0.6 is 24.8 Å². The van der Waals surface area contributed by atoms with Gasteiger partial charge in [0.05, 0.1) is 5.56 Å². The average molecular weight is 415 g/mol. The van der Waals surface area contributed by atoms with E-state index < -0.39 is 0 Å². The van der Waals surface area contributed by atoms with E-state index in [4.69, 9.17) is 0 Å². The quantitative estimate of drug-likeness (QED) is 0.819. The minimum absolute atomic E-state index is 0. The van der Waals surface area contributed by atoms with Crippen LogP contribution in [0, 0.1) is 0 Å². The summed E-state index contributed by atoms with van der Waals surface area (Å²) in [4.78, 5) is 21.8. The highest BCUT2D eigenvalue weighted by molar-refractivity contribution is 5.94. The smallest absolute Gasteiger partial charge is 0.255 e. The van der Waals surface area contributed by atoms with Gasteiger partial charge in [0.2, 0.25) is 0 Å². The Labute approximate surface area is 175 Å². The van der Waals surface area contributed by atoms with Crippen molar-refractivity contribution in [1.29, 1.82) is 0 Å². The van der Waals surface area contributed by atoms with E-state index >= 15 is 0 Å². The normalized spacial score (nSPS) is 27.1. The Balaban J connectivity index is 0.00000131. The molecule has 3 aliphatic rings. The fourth-order valence-corrected chi connectivity index (χ4v) is 4.71. The summed E-state index contributed by atoms with van der Waals surface area (Å²) in [5, 5.41) is 3.65. The van der Waals surface area contributed by atoms with Gasteiger partial charge in [0.15, 0.2) is 0 Å². The minimum Gasteiger partial charge on any atom is -0.357 e. The molecule has 4 rings (SSSR count). The number of nitrogens with zero attached hydrogens (tertiary/aromatic N) is 3. The van der Waals surface area contributed by atoms with Crippen LogP contribution in [-0.2, 0) is 0 Å². The zero-order valence-electron chi connectivity index (χ0n) is 16.1. The molecule has 0 radical (unpaired) electrons. The van der Waals surface area contributed by atoms with Gasteiger partial charge in [-0.1, -0.05) is 12.8 Å². The number of nitrogens with one attached hydrogen (secondary N) is 1. The highest BCUT2D eigenvalue weighted by atomic mass is 35.5. The van der Waals surface area contributed by atoms with Gasteiger partial charge in [-0.2, -0.15) is 0 Å². The molecule has 0 aliphatic carbocycles. The fraction of sp³-hybridized carbons (Fsp3) is 0.700. The molecule has 1 amide bonds. The Bertz CT molecular complexity index is 593. The first-order chi connectivity index (χ1) is 12.2. The first-order valence-corrected chi connectivity index (χ1v) is 9.95. The molecule has 7 heteroatoms. The van der Waals surface area contributed by atoms with Crippen LogP contribution in [0.25, 0.3) is 0 Å². The van der Waals surface area contributed by atoms with Crippen LogP contribution in [0.15, 0.2) is 18.3 Å². The molecule has 0 saturated carbocycles. The van der Waals surface area contributed by atoms with Crippen LogP contribution in [0.2, 0.25) is 0 Å². The van der Waals surface area contributed by atoms with Crippen LogP contribution < -0.4 is 10.2 Å². The topological polar surface area (TPSA) is 48.5 Å². The highest BCUT2D eigenvalue weighted by Gasteiger charge is 2.36. The molecular weight excluding hydrogens is 383 g/mol. The van der Waals surface area contributed by atoms with Crippen molar-refractivity contribution in [2.24, 2.45) is 0 Å². The van der Waals surface area contributed by atoms with E-state index in [1.807, 2.05) is 24.1 Å². The summed E-state index contributed by atoms with van der Waals surface area (Å²) in [6.45, 7) is 2.16. The van der Waals surface area contributed by atoms with Crippen LogP contribution in [0.5, 0.6) is 0 Å². The standard InChI is InChI=1S/C20H30N4O.2ClH/c1-23(18-12-16-7-8-17(13-18)22-16)20(25)15-6-9-19(21-14-15)24-10-4-2-3-5-11-24;;/h6,9,14,16-18,22H,2-5,7-8,10-13H2,1H3;2*1H. The molecule has 3 saturated heterocycles. The van der Waals surface area contributed by atoms with E-state index in [-0.39, 0.29) is 30.7 Å². The van der Waals surface area contributed by atoms with Crippen LogP contribution in [-0.4, -0.2) is 54.1 Å². The summed E-state index contributed by atoms with van der Waals surface area (Å²) < 4.78 is 0. The molecule has 4 heterocycles. The Morgan fingerprint density at radius 3 is 2.26 bits per heavy atom. The van der Waals surface area contributed by atoms with Gasteiger partial charge in [-0.25, -0.2) is 4.98 Å². The molecule has 2 unspecified atom stereocenters. The molecule has 3 fully saturated rings. The average Bonchev–Trinajstić information content (AvgIpc) is 2.85. The first-order valence-electron chi connectivity index (χ1n) is 9.95. The van der Waals surface area contributed by atoms with Crippen LogP contribution in [0.3, 0.4) is 0 Å². The summed E-state index contributed by atoms with van der Waals surface area (Å²) in [5.74, 6) is 1.13. The molecule has 2 bridgehead atoms. The number of rotatable bonds is 3. The summed E-state index contributed by atoms with van der Waals surface area (Å²) in [6.07, 6.45) is 11.6. The third kappa shape index (κ3) is 5.07. The van der Waals surface area contributed by atoms with E-state index in [0.29, 0.717) is 23.7 Å². The number of hydrogen-bond donors (Lipinski definition) is 1. The van der Waals surface area contributed by atoms with Crippen molar-refractivity contribution in [3.63, 3.8) is 0 Å². The lowest BCUT2D eigenvalue weighted by Crippen LogP contribution is -2.48. The second kappa shape index (κ2) is 9.94. The largest absolute Gasteiger partial charge is 0.357 e. The number of hydrogen-bond acceptors (Lipinski definition) is 4. The molecule has 1 aromatic rings. The maximum absolute atomic E-state index is 12.9. The third-order valence-electron chi connectivity index (χ3n) is 6.24. The van der Waals surface area contributed by atoms with Crippen molar-refractivity contribution in [1.82, 2.24) is 15.2 Å². The van der Waals surface area contributed by atoms with Gasteiger partial charge < -0.3 is 15.1 Å². The molecule has 27 heavy (non-hydrogen) atoms. The van der Waals surface area contributed by atoms with Gasteiger partial charge in [-0.15, -0.1) is 24.8 Å². The molecular formula is C20H32Cl2N4O. The van der Waals surface area contributed by atoms with E-state index in [1.54, 1.807) is 6.20 Å². The Morgan fingerprint density at radius 1 is 1.07 bits per heavy atom. The van der Waals surface area contributed by atoms with E-state index in [2.05, 4.69) is 15.2 Å². The van der Waals surface area contributed by atoms with Gasteiger partial charge in [0, 0.05) is 44.5 Å². The molecule has 0 spiro atoms. The zero-order valence-corrected chi connectivity index (χ0v) is 17.7. The SMILES string of the molecule is CN(C(=O)c1ccc(N2CCCCCC2)nc1)C1CC2CCC(C1)N2.Cl.Cl. The monoisotopic (exact) mass is 414 g/mol. The number of carbonyl (C=O) groups is 1. The van der Waals surface area contributed by atoms with Gasteiger partial charge in [0.1, 0.15) is 5.82 Å². The second-order valence-corrected chi connectivity index (χ2v) is 7.99. The number of aromatic nitrogens is 1.